The number of benzene rings is 3. The Bertz CT molecular complexity index is 896. The smallest absolute Gasteiger partial charge is 0.125 e. The Labute approximate surface area is 118 Å². The van der Waals surface area contributed by atoms with E-state index in [1.807, 2.05) is 12.1 Å². The molecule has 0 spiro atoms. The highest BCUT2D eigenvalue weighted by Gasteiger charge is 2.09. The van der Waals surface area contributed by atoms with Gasteiger partial charge in [0, 0.05) is 10.8 Å². The molecule has 0 saturated heterocycles. The number of aromatic nitrogens is 2. The van der Waals surface area contributed by atoms with Crippen LogP contribution in [0.25, 0.3) is 32.6 Å². The van der Waals surface area contributed by atoms with Gasteiger partial charge in [-0.15, -0.1) is 0 Å². The summed E-state index contributed by atoms with van der Waals surface area (Å²) in [5.74, 6) is 0. The van der Waals surface area contributed by atoms with Crippen molar-refractivity contribution in [3.63, 3.8) is 0 Å². The largest absolute Gasteiger partial charge is 0.251 e. The van der Waals surface area contributed by atoms with Crippen molar-refractivity contribution in [3.8, 4) is 0 Å². The first-order valence-corrected chi connectivity index (χ1v) is 6.85. The Morgan fingerprint density at radius 2 is 1.21 bits per heavy atom. The summed E-state index contributed by atoms with van der Waals surface area (Å²) in [7, 11) is 0. The highest BCUT2D eigenvalue weighted by Crippen LogP contribution is 2.33. The van der Waals surface area contributed by atoms with Crippen molar-refractivity contribution in [1.82, 2.24) is 9.97 Å². The van der Waals surface area contributed by atoms with Gasteiger partial charge in [0.15, 0.2) is 0 Å². The maximum absolute atomic E-state index is 4.61. The van der Waals surface area contributed by atoms with Crippen LogP contribution >= 0.6 is 15.9 Å². The molecule has 90 valence electrons. The van der Waals surface area contributed by atoms with Crippen LogP contribution in [0.3, 0.4) is 0 Å². The summed E-state index contributed by atoms with van der Waals surface area (Å²) in [6, 6.07) is 16.7. The normalized spacial score (nSPS) is 11.4. The number of fused-ring (bicyclic) bond motifs is 6. The molecule has 3 aromatic carbocycles. The lowest BCUT2D eigenvalue weighted by Crippen LogP contribution is -1.89. The zero-order valence-corrected chi connectivity index (χ0v) is 11.6. The lowest BCUT2D eigenvalue weighted by Gasteiger charge is -2.08. The Balaban J connectivity index is 2.43. The molecule has 19 heavy (non-hydrogen) atoms. The molecule has 0 atom stereocenters. The van der Waals surface area contributed by atoms with Gasteiger partial charge in [0.25, 0.3) is 0 Å². The fourth-order valence-corrected chi connectivity index (χ4v) is 2.88. The quantitative estimate of drug-likeness (QED) is 0.440. The van der Waals surface area contributed by atoms with Gasteiger partial charge in [-0.1, -0.05) is 48.5 Å². The molecule has 0 N–H and O–H groups in total. The SMILES string of the molecule is Brc1cnc2c3ccccc3c3ccccc3c2n1. The summed E-state index contributed by atoms with van der Waals surface area (Å²) in [6.07, 6.45) is 1.75. The maximum Gasteiger partial charge on any atom is 0.125 e. The molecule has 4 aromatic rings. The third-order valence-electron chi connectivity index (χ3n) is 3.40. The Morgan fingerprint density at radius 1 is 0.684 bits per heavy atom. The first-order valence-electron chi connectivity index (χ1n) is 6.06. The fraction of sp³-hybridized carbons (Fsp3) is 0. The summed E-state index contributed by atoms with van der Waals surface area (Å²) in [4.78, 5) is 9.16. The molecule has 0 aliphatic rings. The van der Waals surface area contributed by atoms with Gasteiger partial charge in [-0.2, -0.15) is 0 Å². The summed E-state index contributed by atoms with van der Waals surface area (Å²) in [6.45, 7) is 0. The van der Waals surface area contributed by atoms with Crippen LogP contribution in [0.2, 0.25) is 0 Å². The molecule has 0 fully saturated rings. The van der Waals surface area contributed by atoms with E-state index in [1.54, 1.807) is 6.20 Å². The van der Waals surface area contributed by atoms with Crippen molar-refractivity contribution in [2.75, 3.05) is 0 Å². The van der Waals surface area contributed by atoms with Gasteiger partial charge < -0.3 is 0 Å². The standard InChI is InChI=1S/C16H9BrN2/c17-14-9-18-15-12-7-3-1-5-10(12)11-6-2-4-8-13(11)16(15)19-14/h1-9H. The van der Waals surface area contributed by atoms with Gasteiger partial charge in [0.05, 0.1) is 17.2 Å². The number of nitrogens with zero attached hydrogens (tertiary/aromatic N) is 2. The third-order valence-corrected chi connectivity index (χ3v) is 3.78. The van der Waals surface area contributed by atoms with Crippen molar-refractivity contribution >= 4 is 48.5 Å². The number of halogens is 1. The molecule has 0 unspecified atom stereocenters. The molecule has 1 heterocycles. The Kier molecular flexibility index (Phi) is 2.29. The van der Waals surface area contributed by atoms with Crippen LogP contribution in [-0.2, 0) is 0 Å². The van der Waals surface area contributed by atoms with Crippen molar-refractivity contribution in [2.45, 2.75) is 0 Å². The molecule has 0 amide bonds. The average Bonchev–Trinajstić information content (AvgIpc) is 2.47. The van der Waals surface area contributed by atoms with Gasteiger partial charge in [0.2, 0.25) is 0 Å². The van der Waals surface area contributed by atoms with Crippen molar-refractivity contribution in [2.24, 2.45) is 0 Å². The summed E-state index contributed by atoms with van der Waals surface area (Å²) in [5.41, 5.74) is 1.90. The minimum Gasteiger partial charge on any atom is -0.251 e. The first-order chi connectivity index (χ1) is 9.34. The van der Waals surface area contributed by atoms with Gasteiger partial charge in [-0.05, 0) is 26.7 Å². The average molecular weight is 309 g/mol. The number of hydrogen-bond donors (Lipinski definition) is 0. The predicted octanol–water partition coefficient (Wildman–Crippen LogP) is 4.70. The highest BCUT2D eigenvalue weighted by molar-refractivity contribution is 9.10. The monoisotopic (exact) mass is 308 g/mol. The van der Waals surface area contributed by atoms with E-state index in [0.29, 0.717) is 0 Å². The molecule has 0 saturated carbocycles. The molecule has 0 bridgehead atoms. The molecule has 3 heteroatoms. The number of rotatable bonds is 0. The molecule has 0 aliphatic carbocycles. The lowest BCUT2D eigenvalue weighted by atomic mass is 10.00. The van der Waals surface area contributed by atoms with Crippen LogP contribution in [0, 0.1) is 0 Å². The Hall–Kier alpha value is -2.00. The zero-order chi connectivity index (χ0) is 12.8. The zero-order valence-electron chi connectivity index (χ0n) is 9.97. The topological polar surface area (TPSA) is 25.8 Å². The van der Waals surface area contributed by atoms with Crippen molar-refractivity contribution in [3.05, 3.63) is 59.3 Å². The van der Waals surface area contributed by atoms with Crippen LogP contribution in [0.5, 0.6) is 0 Å². The van der Waals surface area contributed by atoms with E-state index in [2.05, 4.69) is 62.3 Å². The van der Waals surface area contributed by atoms with E-state index >= 15 is 0 Å². The molecule has 1 aromatic heterocycles. The first kappa shape index (κ1) is 10.9. The molecule has 0 radical (unpaired) electrons. The van der Waals surface area contributed by atoms with Crippen LogP contribution in [-0.4, -0.2) is 9.97 Å². The molecule has 4 rings (SSSR count). The van der Waals surface area contributed by atoms with Gasteiger partial charge >= 0.3 is 0 Å². The van der Waals surface area contributed by atoms with E-state index in [0.717, 1.165) is 26.4 Å². The van der Waals surface area contributed by atoms with Crippen LogP contribution in [0.4, 0.5) is 0 Å². The van der Waals surface area contributed by atoms with Gasteiger partial charge in [-0.25, -0.2) is 4.98 Å². The van der Waals surface area contributed by atoms with Crippen LogP contribution in [0.15, 0.2) is 59.3 Å². The minimum absolute atomic E-state index is 0.764. The molecule has 2 nitrogen and oxygen atoms in total. The second-order valence-electron chi connectivity index (χ2n) is 4.48. The Morgan fingerprint density at radius 3 is 1.84 bits per heavy atom. The van der Waals surface area contributed by atoms with E-state index in [4.69, 9.17) is 0 Å². The fourth-order valence-electron chi connectivity index (χ4n) is 2.60. The van der Waals surface area contributed by atoms with Crippen LogP contribution in [0.1, 0.15) is 0 Å². The van der Waals surface area contributed by atoms with E-state index in [9.17, 15) is 0 Å². The van der Waals surface area contributed by atoms with E-state index in [1.165, 1.54) is 10.8 Å². The van der Waals surface area contributed by atoms with Crippen molar-refractivity contribution < 1.29 is 0 Å². The van der Waals surface area contributed by atoms with E-state index in [-0.39, 0.29) is 0 Å². The summed E-state index contributed by atoms with van der Waals surface area (Å²) < 4.78 is 0.764. The van der Waals surface area contributed by atoms with E-state index < -0.39 is 0 Å². The van der Waals surface area contributed by atoms with Gasteiger partial charge in [0.1, 0.15) is 4.60 Å². The summed E-state index contributed by atoms with van der Waals surface area (Å²) in [5, 5.41) is 4.74. The molecule has 0 aliphatic heterocycles. The second kappa shape index (κ2) is 4.00. The lowest BCUT2D eigenvalue weighted by molar-refractivity contribution is 1.26. The maximum atomic E-state index is 4.61. The predicted molar refractivity (Wildman–Crippen MR) is 82.3 cm³/mol. The molecular weight excluding hydrogens is 300 g/mol. The van der Waals surface area contributed by atoms with Gasteiger partial charge in [-0.3, -0.25) is 4.98 Å². The summed E-state index contributed by atoms with van der Waals surface area (Å²) >= 11 is 3.41. The highest BCUT2D eigenvalue weighted by atomic mass is 79.9. The molecular formula is C16H9BrN2. The second-order valence-corrected chi connectivity index (χ2v) is 5.29. The number of hydrogen-bond acceptors (Lipinski definition) is 2. The third kappa shape index (κ3) is 1.55. The van der Waals surface area contributed by atoms with Crippen LogP contribution < -0.4 is 0 Å². The minimum atomic E-state index is 0.764. The van der Waals surface area contributed by atoms with Crippen molar-refractivity contribution in [1.29, 1.82) is 0 Å².